The predicted octanol–water partition coefficient (Wildman–Crippen LogP) is 4.47. The molecule has 0 saturated heterocycles. The van der Waals surface area contributed by atoms with E-state index in [1.165, 1.54) is 11.1 Å². The molecule has 0 bridgehead atoms. The quantitative estimate of drug-likeness (QED) is 0.847. The Morgan fingerprint density at radius 2 is 2.18 bits per heavy atom. The van der Waals surface area contributed by atoms with Crippen LogP contribution < -0.4 is 10.1 Å². The topological polar surface area (TPSA) is 41.5 Å². The summed E-state index contributed by atoms with van der Waals surface area (Å²) in [5.41, 5.74) is 3.58. The number of hydrogen-bond acceptors (Lipinski definition) is 3. The Morgan fingerprint density at radius 3 is 3.00 bits per heavy atom. The van der Waals surface area contributed by atoms with E-state index in [4.69, 9.17) is 4.74 Å². The van der Waals surface area contributed by atoms with Crippen molar-refractivity contribution in [2.24, 2.45) is 0 Å². The molecule has 0 aliphatic carbocycles. The number of rotatable bonds is 3. The Bertz CT molecular complexity index is 672. The maximum absolute atomic E-state index is 9.57. The Kier molecular flexibility index (Phi) is 4.69. The SMILES string of the molecule is Cc1cccc2c1OCCCC2NCc1ccc(O)c(Br)c1. The number of ether oxygens (including phenoxy) is 1. The summed E-state index contributed by atoms with van der Waals surface area (Å²) < 4.78 is 6.64. The third kappa shape index (κ3) is 3.28. The zero-order valence-electron chi connectivity index (χ0n) is 12.6. The van der Waals surface area contributed by atoms with Gasteiger partial charge in [-0.3, -0.25) is 0 Å². The Hall–Kier alpha value is -1.52. The lowest BCUT2D eigenvalue weighted by Gasteiger charge is -2.19. The van der Waals surface area contributed by atoms with Crippen molar-refractivity contribution in [3.8, 4) is 11.5 Å². The molecule has 1 unspecified atom stereocenters. The molecule has 1 aliphatic rings. The van der Waals surface area contributed by atoms with Crippen molar-refractivity contribution < 1.29 is 9.84 Å². The standard InChI is InChI=1S/C18H20BrNO2/c1-12-4-2-5-14-16(6-3-9-22-18(12)14)20-11-13-7-8-17(21)15(19)10-13/h2,4-5,7-8,10,16,20-21H,3,6,9,11H2,1H3. The van der Waals surface area contributed by atoms with Crippen LogP contribution in [-0.4, -0.2) is 11.7 Å². The van der Waals surface area contributed by atoms with Crippen LogP contribution in [0, 0.1) is 6.92 Å². The van der Waals surface area contributed by atoms with Crippen LogP contribution in [0.1, 0.15) is 35.6 Å². The highest BCUT2D eigenvalue weighted by molar-refractivity contribution is 9.10. The van der Waals surface area contributed by atoms with Gasteiger partial charge in [-0.2, -0.15) is 0 Å². The van der Waals surface area contributed by atoms with Crippen LogP contribution in [0.5, 0.6) is 11.5 Å². The van der Waals surface area contributed by atoms with E-state index in [9.17, 15) is 5.11 Å². The van der Waals surface area contributed by atoms with Gasteiger partial charge in [0.25, 0.3) is 0 Å². The first-order chi connectivity index (χ1) is 10.6. The monoisotopic (exact) mass is 361 g/mol. The molecule has 0 saturated carbocycles. The van der Waals surface area contributed by atoms with Crippen molar-refractivity contribution >= 4 is 15.9 Å². The first-order valence-corrected chi connectivity index (χ1v) is 8.37. The predicted molar refractivity (Wildman–Crippen MR) is 91.3 cm³/mol. The molecule has 2 N–H and O–H groups in total. The summed E-state index contributed by atoms with van der Waals surface area (Å²) in [7, 11) is 0. The number of hydrogen-bond donors (Lipinski definition) is 2. The maximum Gasteiger partial charge on any atom is 0.129 e. The average molecular weight is 362 g/mol. The second-order valence-electron chi connectivity index (χ2n) is 5.70. The summed E-state index contributed by atoms with van der Waals surface area (Å²) in [6.45, 7) is 3.63. The van der Waals surface area contributed by atoms with E-state index in [0.29, 0.717) is 6.04 Å². The molecule has 0 radical (unpaired) electrons. The summed E-state index contributed by atoms with van der Waals surface area (Å²) in [5, 5.41) is 13.2. The fourth-order valence-electron chi connectivity index (χ4n) is 2.88. The van der Waals surface area contributed by atoms with Crippen molar-refractivity contribution in [2.45, 2.75) is 32.4 Å². The van der Waals surface area contributed by atoms with Crippen LogP contribution in [0.4, 0.5) is 0 Å². The van der Waals surface area contributed by atoms with Crippen molar-refractivity contribution in [1.29, 1.82) is 0 Å². The van der Waals surface area contributed by atoms with Gasteiger partial charge in [0.05, 0.1) is 11.1 Å². The smallest absolute Gasteiger partial charge is 0.129 e. The number of halogens is 1. The molecule has 2 aromatic carbocycles. The fourth-order valence-corrected chi connectivity index (χ4v) is 3.30. The first kappa shape index (κ1) is 15.4. The minimum atomic E-state index is 0.271. The first-order valence-electron chi connectivity index (χ1n) is 7.58. The van der Waals surface area contributed by atoms with E-state index in [-0.39, 0.29) is 5.75 Å². The van der Waals surface area contributed by atoms with Gasteiger partial charge in [0.2, 0.25) is 0 Å². The van der Waals surface area contributed by atoms with Crippen molar-refractivity contribution in [3.05, 3.63) is 57.6 Å². The third-order valence-electron chi connectivity index (χ3n) is 4.07. The number of para-hydroxylation sites is 1. The number of fused-ring (bicyclic) bond motifs is 1. The number of aryl methyl sites for hydroxylation is 1. The Labute approximate surface area is 139 Å². The molecule has 3 rings (SSSR count). The second-order valence-corrected chi connectivity index (χ2v) is 6.56. The lowest BCUT2D eigenvalue weighted by Crippen LogP contribution is -2.20. The summed E-state index contributed by atoms with van der Waals surface area (Å²) in [6.07, 6.45) is 2.11. The largest absolute Gasteiger partial charge is 0.507 e. The number of phenolic OH excluding ortho intramolecular Hbond substituents is 1. The summed E-state index contributed by atoms with van der Waals surface area (Å²) in [5.74, 6) is 1.30. The van der Waals surface area contributed by atoms with Gasteiger partial charge in [-0.05, 0) is 59.0 Å². The molecule has 2 aromatic rings. The molecular weight excluding hydrogens is 342 g/mol. The van der Waals surface area contributed by atoms with E-state index in [0.717, 1.165) is 41.8 Å². The molecule has 1 atom stereocenters. The molecule has 116 valence electrons. The van der Waals surface area contributed by atoms with Crippen LogP contribution in [0.3, 0.4) is 0 Å². The number of nitrogens with one attached hydrogen (secondary N) is 1. The van der Waals surface area contributed by atoms with E-state index in [1.807, 2.05) is 12.1 Å². The highest BCUT2D eigenvalue weighted by atomic mass is 79.9. The lowest BCUT2D eigenvalue weighted by atomic mass is 9.99. The van der Waals surface area contributed by atoms with Gasteiger partial charge >= 0.3 is 0 Å². The number of benzene rings is 2. The zero-order valence-corrected chi connectivity index (χ0v) is 14.2. The Balaban J connectivity index is 1.78. The van der Waals surface area contributed by atoms with Gasteiger partial charge in [-0.15, -0.1) is 0 Å². The molecular formula is C18H20BrNO2. The third-order valence-corrected chi connectivity index (χ3v) is 4.70. The van der Waals surface area contributed by atoms with Crippen LogP contribution in [0.2, 0.25) is 0 Å². The van der Waals surface area contributed by atoms with Gasteiger partial charge < -0.3 is 15.2 Å². The molecule has 0 amide bonds. The average Bonchev–Trinajstić information content (AvgIpc) is 2.72. The summed E-state index contributed by atoms with van der Waals surface area (Å²) in [4.78, 5) is 0. The van der Waals surface area contributed by atoms with Crippen LogP contribution in [-0.2, 0) is 6.54 Å². The van der Waals surface area contributed by atoms with Crippen LogP contribution in [0.25, 0.3) is 0 Å². The van der Waals surface area contributed by atoms with Crippen molar-refractivity contribution in [2.75, 3.05) is 6.61 Å². The van der Waals surface area contributed by atoms with E-state index < -0.39 is 0 Å². The van der Waals surface area contributed by atoms with Gasteiger partial charge in [-0.25, -0.2) is 0 Å². The molecule has 22 heavy (non-hydrogen) atoms. The minimum absolute atomic E-state index is 0.271. The van der Waals surface area contributed by atoms with Gasteiger partial charge in [-0.1, -0.05) is 24.3 Å². The molecule has 0 spiro atoms. The normalized spacial score (nSPS) is 17.5. The van der Waals surface area contributed by atoms with Gasteiger partial charge in [0, 0.05) is 18.2 Å². The van der Waals surface area contributed by atoms with E-state index >= 15 is 0 Å². The molecule has 0 fully saturated rings. The highest BCUT2D eigenvalue weighted by Gasteiger charge is 2.20. The maximum atomic E-state index is 9.57. The zero-order chi connectivity index (χ0) is 15.5. The highest BCUT2D eigenvalue weighted by Crippen LogP contribution is 2.34. The Morgan fingerprint density at radius 1 is 1.32 bits per heavy atom. The van der Waals surface area contributed by atoms with Gasteiger partial charge in [0.15, 0.2) is 0 Å². The van der Waals surface area contributed by atoms with Gasteiger partial charge in [0.1, 0.15) is 11.5 Å². The number of aromatic hydroxyl groups is 1. The lowest BCUT2D eigenvalue weighted by molar-refractivity contribution is 0.313. The number of phenols is 1. The van der Waals surface area contributed by atoms with E-state index in [1.54, 1.807) is 6.07 Å². The summed E-state index contributed by atoms with van der Waals surface area (Å²) in [6, 6.07) is 12.2. The molecule has 0 aromatic heterocycles. The molecule has 4 heteroatoms. The molecule has 1 heterocycles. The fraction of sp³-hybridized carbons (Fsp3) is 0.333. The second kappa shape index (κ2) is 6.71. The molecule has 1 aliphatic heterocycles. The summed E-state index contributed by atoms with van der Waals surface area (Å²) >= 11 is 3.36. The minimum Gasteiger partial charge on any atom is -0.507 e. The van der Waals surface area contributed by atoms with Crippen molar-refractivity contribution in [3.63, 3.8) is 0 Å². The van der Waals surface area contributed by atoms with Crippen molar-refractivity contribution in [1.82, 2.24) is 5.32 Å². The van der Waals surface area contributed by atoms with Crippen LogP contribution in [0.15, 0.2) is 40.9 Å². The van der Waals surface area contributed by atoms with Crippen LogP contribution >= 0.6 is 15.9 Å². The van der Waals surface area contributed by atoms with E-state index in [2.05, 4.69) is 46.4 Å². The molecule has 3 nitrogen and oxygen atoms in total.